The number of hydrogen-bond acceptors (Lipinski definition) is 7. The minimum absolute atomic E-state index is 0.151. The van der Waals surface area contributed by atoms with Crippen molar-refractivity contribution < 1.29 is 18.0 Å². The van der Waals surface area contributed by atoms with E-state index in [0.717, 1.165) is 54.1 Å². The van der Waals surface area contributed by atoms with E-state index in [1.54, 1.807) is 0 Å². The Hall–Kier alpha value is -3.21. The maximum Gasteiger partial charge on any atom is 0.435 e. The number of nitrogen functional groups attached to an aromatic ring is 1. The Morgan fingerprint density at radius 2 is 1.82 bits per heavy atom. The van der Waals surface area contributed by atoms with E-state index >= 15 is 0 Å². The first kappa shape index (κ1) is 23.9. The van der Waals surface area contributed by atoms with Crippen molar-refractivity contribution >= 4 is 28.2 Å². The van der Waals surface area contributed by atoms with Gasteiger partial charge in [0.1, 0.15) is 4.88 Å². The van der Waals surface area contributed by atoms with Gasteiger partial charge in [0.05, 0.1) is 5.69 Å². The Balaban J connectivity index is 1.36. The molecule has 1 saturated heterocycles. The van der Waals surface area contributed by atoms with Gasteiger partial charge < -0.3 is 16.0 Å². The lowest BCUT2D eigenvalue weighted by atomic mass is 9.96. The van der Waals surface area contributed by atoms with Gasteiger partial charge in [0.15, 0.2) is 16.6 Å². The highest BCUT2D eigenvalue weighted by Crippen LogP contribution is 2.35. The van der Waals surface area contributed by atoms with E-state index in [9.17, 15) is 18.0 Å². The third-order valence-corrected chi connectivity index (χ3v) is 7.01. The van der Waals surface area contributed by atoms with Gasteiger partial charge in [-0.1, -0.05) is 41.7 Å². The number of aromatic nitrogens is 3. The van der Waals surface area contributed by atoms with Crippen molar-refractivity contribution in [3.05, 3.63) is 52.0 Å². The summed E-state index contributed by atoms with van der Waals surface area (Å²) in [4.78, 5) is 17.3. The highest BCUT2D eigenvalue weighted by Gasteiger charge is 2.39. The highest BCUT2D eigenvalue weighted by molar-refractivity contribution is 7.17. The van der Waals surface area contributed by atoms with Crippen LogP contribution in [0.4, 0.5) is 24.1 Å². The number of rotatable bonds is 5. The SMILES string of the molecule is Cc1c(-c2ccccc2)nnc(N2CCC(CNC(=O)c3sc(N)nc3C(F)(F)F)CC2)c1C. The number of nitrogens with two attached hydrogens (primary N) is 1. The lowest BCUT2D eigenvalue weighted by Gasteiger charge is -2.33. The fraction of sp³-hybridized carbons (Fsp3) is 0.391. The quantitative estimate of drug-likeness (QED) is 0.548. The molecule has 3 aromatic rings. The second-order valence-corrected chi connectivity index (χ2v) is 9.39. The van der Waals surface area contributed by atoms with Crippen molar-refractivity contribution in [3.8, 4) is 11.3 Å². The van der Waals surface area contributed by atoms with Crippen LogP contribution in [0.5, 0.6) is 0 Å². The van der Waals surface area contributed by atoms with Gasteiger partial charge in [0.25, 0.3) is 5.91 Å². The Morgan fingerprint density at radius 1 is 1.15 bits per heavy atom. The third-order valence-electron chi connectivity index (χ3n) is 6.13. The summed E-state index contributed by atoms with van der Waals surface area (Å²) >= 11 is 0.547. The van der Waals surface area contributed by atoms with Gasteiger partial charge in [-0.15, -0.1) is 10.2 Å². The van der Waals surface area contributed by atoms with Crippen molar-refractivity contribution in [3.63, 3.8) is 0 Å². The lowest BCUT2D eigenvalue weighted by Crippen LogP contribution is -2.39. The molecule has 1 aromatic carbocycles. The number of nitrogens with one attached hydrogen (secondary N) is 1. The van der Waals surface area contributed by atoms with Gasteiger partial charge >= 0.3 is 6.18 Å². The Kier molecular flexibility index (Phi) is 6.74. The number of thiazole rings is 1. The fourth-order valence-corrected chi connectivity index (χ4v) is 4.88. The molecule has 7 nitrogen and oxygen atoms in total. The summed E-state index contributed by atoms with van der Waals surface area (Å²) in [7, 11) is 0. The second-order valence-electron chi connectivity index (χ2n) is 8.36. The summed E-state index contributed by atoms with van der Waals surface area (Å²) in [5.41, 5.74) is 8.20. The molecule has 3 heterocycles. The first-order valence-corrected chi connectivity index (χ1v) is 11.7. The van der Waals surface area contributed by atoms with Crippen molar-refractivity contribution in [2.24, 2.45) is 5.92 Å². The van der Waals surface area contributed by atoms with Crippen LogP contribution in [0.15, 0.2) is 30.3 Å². The van der Waals surface area contributed by atoms with Crippen molar-refractivity contribution in [2.75, 3.05) is 30.3 Å². The second kappa shape index (κ2) is 9.57. The molecule has 0 atom stereocenters. The predicted octanol–water partition coefficient (Wildman–Crippen LogP) is 4.46. The molecule has 0 saturated carbocycles. The Bertz CT molecular complexity index is 1170. The predicted molar refractivity (Wildman–Crippen MR) is 126 cm³/mol. The van der Waals surface area contributed by atoms with Crippen LogP contribution in [0.2, 0.25) is 0 Å². The average Bonchev–Trinajstić information content (AvgIpc) is 3.23. The standard InChI is InChI=1S/C23H25F3N6OS/c1-13-14(2)20(31-30-17(13)16-6-4-3-5-7-16)32-10-8-15(9-11-32)12-28-21(33)18-19(23(24,25)26)29-22(27)34-18/h3-7,15H,8-12H2,1-2H3,(H2,27,29)(H,28,33). The monoisotopic (exact) mass is 490 g/mol. The molecule has 0 aliphatic carbocycles. The molecule has 1 fully saturated rings. The minimum atomic E-state index is -4.72. The third kappa shape index (κ3) is 4.98. The average molecular weight is 491 g/mol. The molecule has 1 aliphatic rings. The normalized spacial score (nSPS) is 14.9. The van der Waals surface area contributed by atoms with Crippen molar-refractivity contribution in [2.45, 2.75) is 32.9 Å². The molecule has 1 aliphatic heterocycles. The number of benzene rings is 1. The van der Waals surface area contributed by atoms with E-state index in [1.165, 1.54) is 0 Å². The molecule has 0 bridgehead atoms. The van der Waals surface area contributed by atoms with E-state index < -0.39 is 22.7 Å². The van der Waals surface area contributed by atoms with Crippen LogP contribution in [-0.2, 0) is 6.18 Å². The van der Waals surface area contributed by atoms with Crippen LogP contribution in [0, 0.1) is 19.8 Å². The van der Waals surface area contributed by atoms with Crippen LogP contribution in [0.1, 0.15) is 39.3 Å². The zero-order valence-electron chi connectivity index (χ0n) is 18.8. The summed E-state index contributed by atoms with van der Waals surface area (Å²) in [5.74, 6) is 0.199. The van der Waals surface area contributed by atoms with Crippen LogP contribution in [-0.4, -0.2) is 40.7 Å². The number of anilines is 2. The van der Waals surface area contributed by atoms with E-state index in [4.69, 9.17) is 5.73 Å². The number of carbonyl (C=O) groups is 1. The summed E-state index contributed by atoms with van der Waals surface area (Å²) < 4.78 is 39.3. The van der Waals surface area contributed by atoms with E-state index in [-0.39, 0.29) is 11.0 Å². The first-order chi connectivity index (χ1) is 16.1. The summed E-state index contributed by atoms with van der Waals surface area (Å²) in [5, 5.41) is 11.3. The first-order valence-electron chi connectivity index (χ1n) is 10.9. The van der Waals surface area contributed by atoms with Crippen LogP contribution < -0.4 is 16.0 Å². The minimum Gasteiger partial charge on any atom is -0.375 e. The Labute approximate surface area is 199 Å². The van der Waals surface area contributed by atoms with Crippen molar-refractivity contribution in [1.29, 1.82) is 0 Å². The number of halogens is 3. The molecule has 4 rings (SSSR count). The molecule has 11 heteroatoms. The van der Waals surface area contributed by atoms with Gasteiger partial charge in [0, 0.05) is 25.2 Å². The van der Waals surface area contributed by atoms with E-state index in [1.807, 2.05) is 44.2 Å². The van der Waals surface area contributed by atoms with Crippen LogP contribution in [0.3, 0.4) is 0 Å². The molecule has 0 radical (unpaired) electrons. The van der Waals surface area contributed by atoms with E-state index in [0.29, 0.717) is 17.9 Å². The van der Waals surface area contributed by atoms with Crippen LogP contribution >= 0.6 is 11.3 Å². The maximum atomic E-state index is 13.1. The zero-order valence-corrected chi connectivity index (χ0v) is 19.6. The molecule has 0 spiro atoms. The fourth-order valence-electron chi connectivity index (χ4n) is 4.11. The topological polar surface area (TPSA) is 97.0 Å². The summed E-state index contributed by atoms with van der Waals surface area (Å²) in [6.07, 6.45) is -3.17. The molecule has 0 unspecified atom stereocenters. The van der Waals surface area contributed by atoms with E-state index in [2.05, 4.69) is 25.4 Å². The van der Waals surface area contributed by atoms with Gasteiger partial charge in [0.2, 0.25) is 0 Å². The largest absolute Gasteiger partial charge is 0.435 e. The van der Waals surface area contributed by atoms with Gasteiger partial charge in [-0.05, 0) is 43.7 Å². The molecule has 2 aromatic heterocycles. The smallest absolute Gasteiger partial charge is 0.375 e. The summed E-state index contributed by atoms with van der Waals surface area (Å²) in [6.45, 7) is 5.82. The molecule has 34 heavy (non-hydrogen) atoms. The molecular formula is C23H25F3N6OS. The lowest BCUT2D eigenvalue weighted by molar-refractivity contribution is -0.141. The van der Waals surface area contributed by atoms with Gasteiger partial charge in [-0.2, -0.15) is 13.2 Å². The molecule has 180 valence electrons. The number of amides is 1. The number of nitrogens with zero attached hydrogens (tertiary/aromatic N) is 4. The number of piperidine rings is 1. The molecule has 1 amide bonds. The summed E-state index contributed by atoms with van der Waals surface area (Å²) in [6, 6.07) is 9.92. The number of alkyl halides is 3. The highest BCUT2D eigenvalue weighted by atomic mass is 32.1. The number of hydrogen-bond donors (Lipinski definition) is 2. The van der Waals surface area contributed by atoms with Gasteiger partial charge in [-0.25, -0.2) is 4.98 Å². The number of carbonyl (C=O) groups excluding carboxylic acids is 1. The zero-order chi connectivity index (χ0) is 24.5. The van der Waals surface area contributed by atoms with Crippen LogP contribution in [0.25, 0.3) is 11.3 Å². The Morgan fingerprint density at radius 3 is 2.47 bits per heavy atom. The molecular weight excluding hydrogens is 465 g/mol. The van der Waals surface area contributed by atoms with Crippen molar-refractivity contribution in [1.82, 2.24) is 20.5 Å². The maximum absolute atomic E-state index is 13.1. The molecule has 3 N–H and O–H groups in total. The van der Waals surface area contributed by atoms with Gasteiger partial charge in [-0.3, -0.25) is 4.79 Å².